The molecule has 0 amide bonds. The maximum atomic E-state index is 3.66. The molecule has 2 heteroatoms. The predicted molar refractivity (Wildman–Crippen MR) is 65.4 cm³/mol. The van der Waals surface area contributed by atoms with Crippen molar-refractivity contribution in [1.82, 2.24) is 5.32 Å². The van der Waals surface area contributed by atoms with Crippen LogP contribution in [0.25, 0.3) is 0 Å². The van der Waals surface area contributed by atoms with Gasteiger partial charge in [-0.05, 0) is 56.6 Å². The van der Waals surface area contributed by atoms with Crippen molar-refractivity contribution in [3.63, 3.8) is 0 Å². The van der Waals surface area contributed by atoms with E-state index in [0.29, 0.717) is 0 Å². The lowest BCUT2D eigenvalue weighted by atomic mass is 10.2. The van der Waals surface area contributed by atoms with Crippen LogP contribution in [0.3, 0.4) is 0 Å². The lowest BCUT2D eigenvalue weighted by Gasteiger charge is -2.11. The van der Waals surface area contributed by atoms with Crippen molar-refractivity contribution in [2.45, 2.75) is 51.6 Å². The first-order valence-electron chi connectivity index (χ1n) is 6.17. The molecule has 0 radical (unpaired) electrons. The molecule has 1 heterocycles. The van der Waals surface area contributed by atoms with Gasteiger partial charge in [0.2, 0.25) is 0 Å². The molecule has 1 N–H and O–H groups in total. The molecule has 0 bridgehead atoms. The van der Waals surface area contributed by atoms with E-state index in [9.17, 15) is 0 Å². The Hall–Kier alpha value is -0.340. The molecule has 1 aromatic rings. The molecule has 0 aromatic carbocycles. The maximum absolute atomic E-state index is 3.66. The van der Waals surface area contributed by atoms with Gasteiger partial charge in [0.05, 0.1) is 0 Å². The summed E-state index contributed by atoms with van der Waals surface area (Å²) in [4.78, 5) is 3.21. The van der Waals surface area contributed by atoms with Crippen molar-refractivity contribution in [3.8, 4) is 0 Å². The monoisotopic (exact) mass is 221 g/mol. The number of nitrogens with one attached hydrogen (secondary N) is 1. The Kier molecular flexibility index (Phi) is 2.57. The van der Waals surface area contributed by atoms with Crippen molar-refractivity contribution < 1.29 is 0 Å². The third-order valence-corrected chi connectivity index (χ3v) is 4.96. The predicted octanol–water partition coefficient (Wildman–Crippen LogP) is 3.12. The van der Waals surface area contributed by atoms with Crippen LogP contribution in [0.4, 0.5) is 0 Å². The smallest absolute Gasteiger partial charge is 0.0302 e. The summed E-state index contributed by atoms with van der Waals surface area (Å²) in [5, 5.41) is 3.66. The summed E-state index contributed by atoms with van der Waals surface area (Å²) < 4.78 is 0. The fraction of sp³-hybridized carbons (Fsp3) is 0.692. The van der Waals surface area contributed by atoms with E-state index in [1.54, 1.807) is 15.3 Å². The van der Waals surface area contributed by atoms with E-state index in [2.05, 4.69) is 18.3 Å². The lowest BCUT2D eigenvalue weighted by molar-refractivity contribution is 0.498. The normalized spacial score (nSPS) is 21.7. The van der Waals surface area contributed by atoms with Crippen LogP contribution in [0.2, 0.25) is 0 Å². The first kappa shape index (κ1) is 9.86. The number of thiophene rings is 1. The Labute approximate surface area is 95.9 Å². The van der Waals surface area contributed by atoms with Crippen molar-refractivity contribution in [2.75, 3.05) is 0 Å². The number of fused-ring (bicyclic) bond motifs is 1. The van der Waals surface area contributed by atoms with Gasteiger partial charge in [-0.2, -0.15) is 0 Å². The number of rotatable bonds is 4. The Morgan fingerprint density at radius 3 is 3.07 bits per heavy atom. The van der Waals surface area contributed by atoms with Gasteiger partial charge in [-0.25, -0.2) is 0 Å². The van der Waals surface area contributed by atoms with Crippen molar-refractivity contribution in [3.05, 3.63) is 21.4 Å². The van der Waals surface area contributed by atoms with Crippen LogP contribution >= 0.6 is 11.3 Å². The minimum Gasteiger partial charge on any atom is -0.309 e. The first-order valence-corrected chi connectivity index (χ1v) is 6.98. The Morgan fingerprint density at radius 1 is 1.47 bits per heavy atom. The Morgan fingerprint density at radius 2 is 2.33 bits per heavy atom. The van der Waals surface area contributed by atoms with Gasteiger partial charge in [-0.15, -0.1) is 11.3 Å². The molecule has 1 fully saturated rings. The zero-order chi connectivity index (χ0) is 10.3. The second kappa shape index (κ2) is 3.91. The number of hydrogen-bond acceptors (Lipinski definition) is 2. The average Bonchev–Trinajstić information content (AvgIpc) is 2.86. The standard InChI is InChI=1S/C13H19NS/c1-9(10-5-6-10)14-8-12-7-11-3-2-4-13(11)15-12/h7,9-10,14H,2-6,8H2,1H3. The molecule has 1 atom stereocenters. The molecule has 2 aliphatic rings. The van der Waals surface area contributed by atoms with E-state index < -0.39 is 0 Å². The largest absolute Gasteiger partial charge is 0.309 e. The highest BCUT2D eigenvalue weighted by molar-refractivity contribution is 7.12. The third kappa shape index (κ3) is 2.11. The highest BCUT2D eigenvalue weighted by Gasteiger charge is 2.27. The molecule has 1 unspecified atom stereocenters. The van der Waals surface area contributed by atoms with Gasteiger partial charge < -0.3 is 5.32 Å². The summed E-state index contributed by atoms with van der Waals surface area (Å²) in [5.74, 6) is 0.969. The summed E-state index contributed by atoms with van der Waals surface area (Å²) in [6, 6.07) is 3.15. The summed E-state index contributed by atoms with van der Waals surface area (Å²) in [6.07, 6.45) is 6.92. The Balaban J connectivity index is 1.57. The minimum absolute atomic E-state index is 0.724. The van der Waals surface area contributed by atoms with Crippen LogP contribution in [0, 0.1) is 5.92 Å². The van der Waals surface area contributed by atoms with E-state index in [-0.39, 0.29) is 0 Å². The minimum atomic E-state index is 0.724. The average molecular weight is 221 g/mol. The SMILES string of the molecule is CC(NCc1cc2c(s1)CCC2)C1CC1. The van der Waals surface area contributed by atoms with Crippen LogP contribution in [-0.2, 0) is 19.4 Å². The molecule has 1 saturated carbocycles. The second-order valence-electron chi connectivity index (χ2n) is 5.02. The van der Waals surface area contributed by atoms with E-state index >= 15 is 0 Å². The van der Waals surface area contributed by atoms with Gasteiger partial charge in [-0.3, -0.25) is 0 Å². The van der Waals surface area contributed by atoms with Crippen molar-refractivity contribution in [2.24, 2.45) is 5.92 Å². The molecule has 3 rings (SSSR count). The van der Waals surface area contributed by atoms with Crippen LogP contribution in [-0.4, -0.2) is 6.04 Å². The van der Waals surface area contributed by atoms with E-state index in [1.165, 1.54) is 32.1 Å². The molecule has 0 spiro atoms. The van der Waals surface area contributed by atoms with Crippen LogP contribution in [0.5, 0.6) is 0 Å². The molecule has 15 heavy (non-hydrogen) atoms. The topological polar surface area (TPSA) is 12.0 Å². The van der Waals surface area contributed by atoms with Crippen molar-refractivity contribution >= 4 is 11.3 Å². The summed E-state index contributed by atoms with van der Waals surface area (Å²) in [6.45, 7) is 3.42. The fourth-order valence-electron chi connectivity index (χ4n) is 2.50. The molecule has 0 aliphatic heterocycles. The van der Waals surface area contributed by atoms with Gasteiger partial charge >= 0.3 is 0 Å². The molecule has 2 aliphatic carbocycles. The van der Waals surface area contributed by atoms with Gasteiger partial charge in [0.25, 0.3) is 0 Å². The van der Waals surface area contributed by atoms with Crippen LogP contribution < -0.4 is 5.32 Å². The summed E-state index contributed by atoms with van der Waals surface area (Å²) in [7, 11) is 0. The molecule has 1 nitrogen and oxygen atoms in total. The molecular weight excluding hydrogens is 202 g/mol. The summed E-state index contributed by atoms with van der Waals surface area (Å²) in [5.41, 5.74) is 1.64. The van der Waals surface area contributed by atoms with Crippen molar-refractivity contribution in [1.29, 1.82) is 0 Å². The van der Waals surface area contributed by atoms with Gasteiger partial charge in [-0.1, -0.05) is 0 Å². The van der Waals surface area contributed by atoms with E-state index in [1.807, 2.05) is 11.3 Å². The highest BCUT2D eigenvalue weighted by atomic mass is 32.1. The number of hydrogen-bond donors (Lipinski definition) is 1. The Bertz CT molecular complexity index is 330. The number of aryl methyl sites for hydroxylation is 2. The second-order valence-corrected chi connectivity index (χ2v) is 6.24. The molecular formula is C13H19NS. The lowest BCUT2D eigenvalue weighted by Crippen LogP contribution is -2.26. The zero-order valence-electron chi connectivity index (χ0n) is 9.38. The molecule has 82 valence electrons. The van der Waals surface area contributed by atoms with E-state index in [0.717, 1.165) is 18.5 Å². The quantitative estimate of drug-likeness (QED) is 0.823. The van der Waals surface area contributed by atoms with Crippen LogP contribution in [0.1, 0.15) is 41.5 Å². The van der Waals surface area contributed by atoms with Gasteiger partial charge in [0.15, 0.2) is 0 Å². The summed E-state index contributed by atoms with van der Waals surface area (Å²) >= 11 is 2.03. The van der Waals surface area contributed by atoms with Crippen LogP contribution in [0.15, 0.2) is 6.07 Å². The van der Waals surface area contributed by atoms with Gasteiger partial charge in [0, 0.05) is 22.3 Å². The molecule has 0 saturated heterocycles. The fourth-order valence-corrected chi connectivity index (χ4v) is 3.71. The third-order valence-electron chi connectivity index (χ3n) is 3.73. The van der Waals surface area contributed by atoms with E-state index in [4.69, 9.17) is 0 Å². The maximum Gasteiger partial charge on any atom is 0.0302 e. The molecule has 1 aromatic heterocycles. The zero-order valence-corrected chi connectivity index (χ0v) is 10.2. The highest BCUT2D eigenvalue weighted by Crippen LogP contribution is 2.33. The first-order chi connectivity index (χ1) is 7.33. The van der Waals surface area contributed by atoms with Gasteiger partial charge in [0.1, 0.15) is 0 Å².